The zero-order valence-corrected chi connectivity index (χ0v) is 38.6. The monoisotopic (exact) mass is 875 g/mol. The maximum absolute atomic E-state index is 13.0. The maximum atomic E-state index is 13.0. The summed E-state index contributed by atoms with van der Waals surface area (Å²) in [4.78, 5) is 25.8. The van der Waals surface area contributed by atoms with E-state index in [0.717, 1.165) is 56.8 Å². The highest BCUT2D eigenvalue weighted by atomic mass is 16.7. The lowest BCUT2D eigenvalue weighted by atomic mass is 9.84. The molecular formula is C48H90O13. The molecule has 0 aromatic heterocycles. The second-order valence-corrected chi connectivity index (χ2v) is 18.7. The SMILES string of the molecule is CCCCCCCCC(C)CCCCCCCC(=O)O[C@H]1[C@H](O)[C@H](O)[C@@H](OC2[C@@H](O)[C@H](O)C(O)[C@H](O)[C@H]2O)O[C@@H]1COC(=O)CCCCCCCCCC(C)CCCCCC. The van der Waals surface area contributed by atoms with Crippen LogP contribution in [0.5, 0.6) is 0 Å². The molecular weight excluding hydrogens is 785 g/mol. The van der Waals surface area contributed by atoms with Crippen molar-refractivity contribution in [2.45, 2.75) is 275 Å². The van der Waals surface area contributed by atoms with Gasteiger partial charge in [0.2, 0.25) is 0 Å². The van der Waals surface area contributed by atoms with Crippen LogP contribution < -0.4 is 0 Å². The lowest BCUT2D eigenvalue weighted by molar-refractivity contribution is -0.340. The van der Waals surface area contributed by atoms with E-state index >= 15 is 0 Å². The molecule has 0 radical (unpaired) electrons. The highest BCUT2D eigenvalue weighted by Gasteiger charge is 2.53. The van der Waals surface area contributed by atoms with Gasteiger partial charge in [0.15, 0.2) is 12.4 Å². The quantitative estimate of drug-likeness (QED) is 0.0246. The second kappa shape index (κ2) is 33.1. The Labute approximate surface area is 368 Å². The van der Waals surface area contributed by atoms with Gasteiger partial charge in [-0.25, -0.2) is 0 Å². The van der Waals surface area contributed by atoms with Crippen LogP contribution in [0, 0.1) is 11.8 Å². The van der Waals surface area contributed by atoms with Crippen LogP contribution in [0.2, 0.25) is 0 Å². The third kappa shape index (κ3) is 22.4. The van der Waals surface area contributed by atoms with Crippen molar-refractivity contribution in [1.29, 1.82) is 0 Å². The second-order valence-electron chi connectivity index (χ2n) is 18.7. The maximum Gasteiger partial charge on any atom is 0.306 e. The first kappa shape index (κ1) is 55.7. The Hall–Kier alpha value is -1.42. The third-order valence-corrected chi connectivity index (χ3v) is 12.9. The van der Waals surface area contributed by atoms with E-state index < -0.39 is 85.9 Å². The molecule has 4 unspecified atom stereocenters. The third-order valence-electron chi connectivity index (χ3n) is 12.9. The van der Waals surface area contributed by atoms with Gasteiger partial charge in [-0.3, -0.25) is 9.59 Å². The van der Waals surface area contributed by atoms with Crippen LogP contribution in [0.3, 0.4) is 0 Å². The topological polar surface area (TPSA) is 213 Å². The van der Waals surface area contributed by atoms with Gasteiger partial charge in [-0.15, -0.1) is 0 Å². The zero-order valence-electron chi connectivity index (χ0n) is 38.6. The number of esters is 2. The Kier molecular flexibility index (Phi) is 30.2. The molecule has 360 valence electrons. The van der Waals surface area contributed by atoms with Crippen molar-refractivity contribution in [2.75, 3.05) is 6.61 Å². The summed E-state index contributed by atoms with van der Waals surface area (Å²) in [6, 6.07) is 0. The van der Waals surface area contributed by atoms with Gasteiger partial charge < -0.3 is 54.7 Å². The largest absolute Gasteiger partial charge is 0.463 e. The molecule has 0 bridgehead atoms. The first-order valence-corrected chi connectivity index (χ1v) is 24.7. The van der Waals surface area contributed by atoms with E-state index in [0.29, 0.717) is 12.8 Å². The minimum Gasteiger partial charge on any atom is -0.463 e. The average Bonchev–Trinajstić information content (AvgIpc) is 3.24. The number of carbonyl (C=O) groups is 2. The molecule has 1 saturated heterocycles. The normalized spacial score (nSPS) is 29.0. The molecule has 0 amide bonds. The smallest absolute Gasteiger partial charge is 0.306 e. The Bertz CT molecular complexity index is 1100. The Morgan fingerprint density at radius 3 is 1.28 bits per heavy atom. The van der Waals surface area contributed by atoms with Crippen LogP contribution in [-0.2, 0) is 28.5 Å². The van der Waals surface area contributed by atoms with E-state index in [1.54, 1.807) is 0 Å². The van der Waals surface area contributed by atoms with Gasteiger partial charge in [-0.2, -0.15) is 0 Å². The Morgan fingerprint density at radius 2 is 0.820 bits per heavy atom. The van der Waals surface area contributed by atoms with Gasteiger partial charge in [0.05, 0.1) is 0 Å². The van der Waals surface area contributed by atoms with Crippen molar-refractivity contribution in [2.24, 2.45) is 11.8 Å². The van der Waals surface area contributed by atoms with E-state index in [1.807, 2.05) is 0 Å². The van der Waals surface area contributed by atoms with Crippen LogP contribution in [0.15, 0.2) is 0 Å². The fourth-order valence-corrected chi connectivity index (χ4v) is 8.69. The van der Waals surface area contributed by atoms with Crippen molar-refractivity contribution in [3.8, 4) is 0 Å². The minimum atomic E-state index is -1.89. The number of unbranched alkanes of at least 4 members (excludes halogenated alkanes) is 18. The summed E-state index contributed by atoms with van der Waals surface area (Å²) in [5.74, 6) is 0.387. The van der Waals surface area contributed by atoms with Crippen molar-refractivity contribution in [3.63, 3.8) is 0 Å². The van der Waals surface area contributed by atoms with Crippen LogP contribution in [0.25, 0.3) is 0 Å². The molecule has 2 aliphatic rings. The number of aliphatic hydroxyl groups is 7. The Morgan fingerprint density at radius 1 is 0.459 bits per heavy atom. The van der Waals surface area contributed by atoms with Crippen molar-refractivity contribution in [3.05, 3.63) is 0 Å². The molecule has 0 aromatic carbocycles. The fraction of sp³-hybridized carbons (Fsp3) is 0.958. The van der Waals surface area contributed by atoms with E-state index in [1.165, 1.54) is 109 Å². The van der Waals surface area contributed by atoms with Crippen molar-refractivity contribution in [1.82, 2.24) is 0 Å². The van der Waals surface area contributed by atoms with Gasteiger partial charge in [-0.05, 0) is 24.7 Å². The molecule has 2 fully saturated rings. The van der Waals surface area contributed by atoms with Crippen molar-refractivity contribution >= 4 is 11.9 Å². The molecule has 61 heavy (non-hydrogen) atoms. The molecule has 13 atom stereocenters. The molecule has 1 aliphatic carbocycles. The molecule has 0 aromatic rings. The van der Waals surface area contributed by atoms with Crippen LogP contribution in [0.1, 0.15) is 207 Å². The first-order valence-electron chi connectivity index (χ1n) is 24.7. The highest BCUT2D eigenvalue weighted by Crippen LogP contribution is 2.31. The summed E-state index contributed by atoms with van der Waals surface area (Å²) < 4.78 is 22.6. The van der Waals surface area contributed by atoms with Crippen LogP contribution in [0.4, 0.5) is 0 Å². The predicted molar refractivity (Wildman–Crippen MR) is 235 cm³/mol. The lowest BCUT2D eigenvalue weighted by Gasteiger charge is -2.46. The number of rotatable bonds is 35. The zero-order chi connectivity index (χ0) is 45.0. The van der Waals surface area contributed by atoms with Gasteiger partial charge >= 0.3 is 11.9 Å². The van der Waals surface area contributed by atoms with Gasteiger partial charge in [0, 0.05) is 12.8 Å². The van der Waals surface area contributed by atoms with E-state index in [2.05, 4.69) is 27.7 Å². The molecule has 13 heteroatoms. The van der Waals surface area contributed by atoms with Gasteiger partial charge in [0.1, 0.15) is 61.5 Å². The number of hydrogen-bond acceptors (Lipinski definition) is 13. The Balaban J connectivity index is 1.82. The summed E-state index contributed by atoms with van der Waals surface area (Å²) in [6.07, 6.45) is 11.1. The average molecular weight is 875 g/mol. The number of ether oxygens (including phenoxy) is 4. The van der Waals surface area contributed by atoms with Gasteiger partial charge in [0.25, 0.3) is 0 Å². The number of hydrogen-bond donors (Lipinski definition) is 7. The van der Waals surface area contributed by atoms with E-state index in [9.17, 15) is 45.3 Å². The summed E-state index contributed by atoms with van der Waals surface area (Å²) in [5, 5.41) is 73.6. The lowest BCUT2D eigenvalue weighted by Crippen LogP contribution is -2.67. The summed E-state index contributed by atoms with van der Waals surface area (Å²) in [5.41, 5.74) is 0. The van der Waals surface area contributed by atoms with Crippen LogP contribution >= 0.6 is 0 Å². The summed E-state index contributed by atoms with van der Waals surface area (Å²) in [7, 11) is 0. The molecule has 2 rings (SSSR count). The fourth-order valence-electron chi connectivity index (χ4n) is 8.69. The molecule has 1 saturated carbocycles. The van der Waals surface area contributed by atoms with E-state index in [-0.39, 0.29) is 12.8 Å². The molecule has 0 spiro atoms. The van der Waals surface area contributed by atoms with Gasteiger partial charge in [-0.1, -0.05) is 182 Å². The standard InChI is InChI=1S/C48H90O13/c1-5-7-9-11-16-22-28-35(4)30-24-18-15-20-26-32-38(50)60-46-36(59-48(45(57)44(46)56)61-47-42(54)40(52)39(51)41(53)43(47)55)33-58-37(49)31-25-19-14-12-13-17-23-29-34(3)27-21-10-8-6-2/h34-36,39-48,51-57H,5-33H2,1-4H3/t34?,35?,36-,39?,40-,41+,42+,43-,44-,45+,46-,47?,48-/m1/s1. The molecule has 13 nitrogen and oxygen atoms in total. The minimum absolute atomic E-state index is 0.0804. The number of carbonyl (C=O) groups excluding carboxylic acids is 2. The molecule has 1 heterocycles. The van der Waals surface area contributed by atoms with E-state index in [4.69, 9.17) is 18.9 Å². The summed E-state index contributed by atoms with van der Waals surface area (Å²) >= 11 is 0. The van der Waals surface area contributed by atoms with Crippen molar-refractivity contribution < 1.29 is 64.3 Å². The summed E-state index contributed by atoms with van der Waals surface area (Å²) in [6.45, 7) is 8.71. The highest BCUT2D eigenvalue weighted by molar-refractivity contribution is 5.70. The first-order chi connectivity index (χ1) is 29.3. The molecule has 1 aliphatic heterocycles. The number of aliphatic hydroxyl groups excluding tert-OH is 7. The molecule has 7 N–H and O–H groups in total. The van der Waals surface area contributed by atoms with Crippen LogP contribution in [-0.4, -0.2) is 122 Å². The predicted octanol–water partition coefficient (Wildman–Crippen LogP) is 7.33.